The Balaban J connectivity index is 1.47. The van der Waals surface area contributed by atoms with Crippen molar-refractivity contribution in [2.45, 2.75) is 46.0 Å². The van der Waals surface area contributed by atoms with E-state index in [0.717, 1.165) is 108 Å². The Kier molecular flexibility index (Phi) is 14.3. The molecule has 0 atom stereocenters. The summed E-state index contributed by atoms with van der Waals surface area (Å²) in [6, 6.07) is 20.2. The van der Waals surface area contributed by atoms with Gasteiger partial charge in [-0.15, -0.1) is 0 Å². The topological polar surface area (TPSA) is 92.3 Å². The van der Waals surface area contributed by atoms with Crippen LogP contribution in [0.15, 0.2) is 60.7 Å². The van der Waals surface area contributed by atoms with E-state index in [0.29, 0.717) is 37.2 Å². The van der Waals surface area contributed by atoms with Crippen LogP contribution in [0.3, 0.4) is 0 Å². The summed E-state index contributed by atoms with van der Waals surface area (Å²) in [6.45, 7) is 4.09. The fourth-order valence-corrected chi connectivity index (χ4v) is 7.41. The van der Waals surface area contributed by atoms with Crippen LogP contribution in [0.5, 0.6) is 57.5 Å². The first-order valence-corrected chi connectivity index (χ1v) is 18.8. The maximum absolute atomic E-state index is 6.00. The Morgan fingerprint density at radius 2 is 0.439 bits per heavy atom. The normalized spacial score (nSPS) is 10.8. The number of ether oxygens (including phenoxy) is 10. The number of rotatable bonds is 19. The minimum Gasteiger partial charge on any atom is -0.496 e. The van der Waals surface area contributed by atoms with E-state index in [1.54, 1.807) is 71.1 Å². The van der Waals surface area contributed by atoms with Crippen molar-refractivity contribution >= 4 is 0 Å². The molecule has 0 aromatic heterocycles. The van der Waals surface area contributed by atoms with Gasteiger partial charge in [-0.3, -0.25) is 0 Å². The minimum atomic E-state index is 0.501. The second-order valence-electron chi connectivity index (χ2n) is 13.6. The summed E-state index contributed by atoms with van der Waals surface area (Å²) >= 11 is 0. The van der Waals surface area contributed by atoms with Gasteiger partial charge in [-0.1, -0.05) is 6.92 Å². The average Bonchev–Trinajstić information content (AvgIpc) is 3.24. The second-order valence-corrected chi connectivity index (χ2v) is 13.6. The lowest BCUT2D eigenvalue weighted by molar-refractivity contribution is 0.388. The zero-order chi connectivity index (χ0) is 41.2. The van der Waals surface area contributed by atoms with Crippen LogP contribution in [0.25, 0.3) is 0 Å². The van der Waals surface area contributed by atoms with Crippen molar-refractivity contribution in [3.05, 3.63) is 116 Å². The van der Waals surface area contributed by atoms with Crippen LogP contribution in [-0.4, -0.2) is 71.1 Å². The quantitative estimate of drug-likeness (QED) is 0.0809. The van der Waals surface area contributed by atoms with Crippen LogP contribution in [0, 0.1) is 6.92 Å². The van der Waals surface area contributed by atoms with Gasteiger partial charge in [0.25, 0.3) is 0 Å². The molecule has 5 rings (SSSR count). The monoisotopic (exact) mass is 780 g/mol. The Morgan fingerprint density at radius 3 is 0.649 bits per heavy atom. The van der Waals surface area contributed by atoms with E-state index < -0.39 is 0 Å². The lowest BCUT2D eigenvalue weighted by atomic mass is 9.94. The van der Waals surface area contributed by atoms with Gasteiger partial charge in [0.15, 0.2) is 0 Å². The molecule has 0 bridgehead atoms. The molecule has 5 aromatic rings. The molecule has 0 aliphatic heterocycles. The molecule has 0 aliphatic rings. The van der Waals surface area contributed by atoms with Gasteiger partial charge < -0.3 is 47.4 Å². The van der Waals surface area contributed by atoms with Gasteiger partial charge in [0.1, 0.15) is 57.5 Å². The molecular formula is C47H56O10. The van der Waals surface area contributed by atoms with Crippen LogP contribution in [0.4, 0.5) is 0 Å². The molecule has 0 radical (unpaired) electrons. The summed E-state index contributed by atoms with van der Waals surface area (Å²) in [4.78, 5) is 0. The van der Waals surface area contributed by atoms with E-state index in [2.05, 4.69) is 6.92 Å². The molecule has 0 saturated carbocycles. The number of methoxy groups -OCH3 is 10. The molecule has 0 amide bonds. The summed E-state index contributed by atoms with van der Waals surface area (Å²) in [7, 11) is 16.8. The highest BCUT2D eigenvalue weighted by molar-refractivity contribution is 5.58. The Labute approximate surface area is 337 Å². The highest BCUT2D eigenvalue weighted by atomic mass is 16.5. The molecule has 57 heavy (non-hydrogen) atoms. The third kappa shape index (κ3) is 9.22. The first-order valence-electron chi connectivity index (χ1n) is 18.8. The minimum absolute atomic E-state index is 0.501. The third-order valence-corrected chi connectivity index (χ3v) is 10.4. The van der Waals surface area contributed by atoms with Crippen LogP contribution < -0.4 is 47.4 Å². The van der Waals surface area contributed by atoms with Gasteiger partial charge in [-0.2, -0.15) is 0 Å². The SMILES string of the molecule is CCc1cc(OC)c(Cc2cc(OC)c(Cc3cc(OC)c(Cc4cc(OC)c(Cc5cc(OC)c(C)cc5OC)cc4OC)cc3OC)cc2OC)cc1OC. The Hall–Kier alpha value is -5.90. The van der Waals surface area contributed by atoms with Gasteiger partial charge >= 0.3 is 0 Å². The van der Waals surface area contributed by atoms with Gasteiger partial charge in [-0.25, -0.2) is 0 Å². The lowest BCUT2D eigenvalue weighted by Crippen LogP contribution is -2.05. The maximum Gasteiger partial charge on any atom is 0.122 e. The zero-order valence-electron chi connectivity index (χ0n) is 35.4. The summed E-state index contributed by atoms with van der Waals surface area (Å²) in [5, 5.41) is 0. The first kappa shape index (κ1) is 42.2. The van der Waals surface area contributed by atoms with E-state index in [9.17, 15) is 0 Å². The highest BCUT2D eigenvalue weighted by Crippen LogP contribution is 2.41. The van der Waals surface area contributed by atoms with E-state index in [4.69, 9.17) is 47.4 Å². The smallest absolute Gasteiger partial charge is 0.122 e. The van der Waals surface area contributed by atoms with Crippen molar-refractivity contribution < 1.29 is 47.4 Å². The molecule has 0 spiro atoms. The number of hydrogen-bond donors (Lipinski definition) is 0. The number of benzene rings is 5. The van der Waals surface area contributed by atoms with Crippen LogP contribution in [0.1, 0.15) is 62.6 Å². The Morgan fingerprint density at radius 1 is 0.263 bits per heavy atom. The van der Waals surface area contributed by atoms with Gasteiger partial charge in [-0.05, 0) is 85.1 Å². The van der Waals surface area contributed by atoms with Crippen molar-refractivity contribution in [3.63, 3.8) is 0 Å². The van der Waals surface area contributed by atoms with E-state index >= 15 is 0 Å². The molecule has 10 nitrogen and oxygen atoms in total. The van der Waals surface area contributed by atoms with Crippen molar-refractivity contribution in [2.24, 2.45) is 0 Å². The molecule has 0 aliphatic carbocycles. The first-order chi connectivity index (χ1) is 27.6. The summed E-state index contributed by atoms with van der Waals surface area (Å²) in [5.41, 5.74) is 9.66. The van der Waals surface area contributed by atoms with Crippen LogP contribution >= 0.6 is 0 Å². The average molecular weight is 781 g/mol. The molecule has 5 aromatic carbocycles. The van der Waals surface area contributed by atoms with Gasteiger partial charge in [0, 0.05) is 70.2 Å². The zero-order valence-corrected chi connectivity index (χ0v) is 35.4. The summed E-state index contributed by atoms with van der Waals surface area (Å²) in [6.07, 6.45) is 2.94. The number of aryl methyl sites for hydroxylation is 2. The molecule has 304 valence electrons. The van der Waals surface area contributed by atoms with Crippen molar-refractivity contribution in [1.29, 1.82) is 0 Å². The van der Waals surface area contributed by atoms with Gasteiger partial charge in [0.2, 0.25) is 0 Å². The molecule has 0 saturated heterocycles. The van der Waals surface area contributed by atoms with Crippen molar-refractivity contribution in [3.8, 4) is 57.5 Å². The molecule has 10 heteroatoms. The lowest BCUT2D eigenvalue weighted by Gasteiger charge is -2.20. The standard InChI is InChI=1S/C47H56O10/c1-13-29-19-41(51-6)31(21-40(29)50-5)16-33-23-45(55-10)35(25-44(33)54-9)18-37-27-46(56-11)36(26-47(37)57-12)17-34-24-42(52-7)32(22-43(34)53-8)15-30-20-38(48-3)28(2)14-39(30)49-4/h14,19-27H,13,15-18H2,1-12H3. The molecule has 0 heterocycles. The van der Waals surface area contributed by atoms with E-state index in [-0.39, 0.29) is 0 Å². The molecular weight excluding hydrogens is 725 g/mol. The van der Waals surface area contributed by atoms with Crippen LogP contribution in [0.2, 0.25) is 0 Å². The van der Waals surface area contributed by atoms with Gasteiger partial charge in [0.05, 0.1) is 71.1 Å². The second kappa shape index (κ2) is 19.3. The Bertz CT molecular complexity index is 2170. The fourth-order valence-electron chi connectivity index (χ4n) is 7.41. The fraction of sp³-hybridized carbons (Fsp3) is 0.362. The molecule has 0 fully saturated rings. The highest BCUT2D eigenvalue weighted by Gasteiger charge is 2.21. The van der Waals surface area contributed by atoms with Crippen molar-refractivity contribution in [2.75, 3.05) is 71.1 Å². The predicted molar refractivity (Wildman–Crippen MR) is 223 cm³/mol. The van der Waals surface area contributed by atoms with Crippen LogP contribution in [-0.2, 0) is 32.1 Å². The largest absolute Gasteiger partial charge is 0.496 e. The molecule has 0 unspecified atom stereocenters. The molecule has 0 N–H and O–H groups in total. The summed E-state index contributed by atoms with van der Waals surface area (Å²) in [5.74, 6) is 7.55. The van der Waals surface area contributed by atoms with Crippen molar-refractivity contribution in [1.82, 2.24) is 0 Å². The maximum atomic E-state index is 6.00. The number of hydrogen-bond acceptors (Lipinski definition) is 10. The predicted octanol–water partition coefficient (Wildman–Crippen LogP) is 9.01. The third-order valence-electron chi connectivity index (χ3n) is 10.4. The van der Waals surface area contributed by atoms with E-state index in [1.165, 1.54) is 0 Å². The summed E-state index contributed by atoms with van der Waals surface area (Å²) < 4.78 is 58.6. The van der Waals surface area contributed by atoms with E-state index in [1.807, 2.05) is 67.6 Å².